The lowest BCUT2D eigenvalue weighted by atomic mass is 10.2. The quantitative estimate of drug-likeness (QED) is 0.509. The molecule has 4 rings (SSSR count). The fourth-order valence-corrected chi connectivity index (χ4v) is 4.78. The standard InChI is InChI=1S/C23H22N4O3S2/c1-31-15-20-25-17-9-5-6-10-18(17)27(20)14-21(28)24-11-12-26-22(29)19(32-23(26)30)13-16-7-3-2-4-8-16/h2-10,13H,11-12,14-15H2,1H3,(H,24,28)/b19-13-. The fraction of sp³-hybridized carbons (Fsp3) is 0.217. The number of nitrogens with one attached hydrogen (secondary N) is 1. The van der Waals surface area contributed by atoms with Gasteiger partial charge in [-0.25, -0.2) is 4.98 Å². The largest absolute Gasteiger partial charge is 0.353 e. The van der Waals surface area contributed by atoms with Gasteiger partial charge in [0.05, 0.1) is 21.7 Å². The highest BCUT2D eigenvalue weighted by atomic mass is 32.2. The van der Waals surface area contributed by atoms with E-state index in [4.69, 9.17) is 0 Å². The Balaban J connectivity index is 1.36. The van der Waals surface area contributed by atoms with Crippen LogP contribution >= 0.6 is 23.5 Å². The summed E-state index contributed by atoms with van der Waals surface area (Å²) in [5.41, 5.74) is 2.62. The van der Waals surface area contributed by atoms with Crippen molar-refractivity contribution in [3.8, 4) is 0 Å². The number of imidazole rings is 1. The maximum absolute atomic E-state index is 12.6. The summed E-state index contributed by atoms with van der Waals surface area (Å²) in [6.07, 6.45) is 3.70. The van der Waals surface area contributed by atoms with Gasteiger partial charge in [-0.3, -0.25) is 19.3 Å². The summed E-state index contributed by atoms with van der Waals surface area (Å²) >= 11 is 2.56. The molecule has 1 aromatic heterocycles. The molecule has 0 spiro atoms. The molecule has 1 fully saturated rings. The monoisotopic (exact) mass is 466 g/mol. The number of benzene rings is 2. The molecule has 2 heterocycles. The normalized spacial score (nSPS) is 15.2. The Labute approximate surface area is 194 Å². The van der Waals surface area contributed by atoms with Gasteiger partial charge in [0.1, 0.15) is 12.4 Å². The van der Waals surface area contributed by atoms with Crippen molar-refractivity contribution < 1.29 is 14.4 Å². The third kappa shape index (κ3) is 4.89. The number of carbonyl (C=O) groups is 3. The van der Waals surface area contributed by atoms with E-state index in [9.17, 15) is 14.4 Å². The van der Waals surface area contributed by atoms with Crippen LogP contribution in [0.5, 0.6) is 0 Å². The van der Waals surface area contributed by atoms with Gasteiger partial charge in [-0.1, -0.05) is 42.5 Å². The van der Waals surface area contributed by atoms with Gasteiger partial charge in [0, 0.05) is 13.1 Å². The second-order valence-corrected chi connectivity index (χ2v) is 8.99. The minimum atomic E-state index is -0.332. The second-order valence-electron chi connectivity index (χ2n) is 7.13. The first-order chi connectivity index (χ1) is 15.6. The molecule has 1 aliphatic heterocycles. The smallest absolute Gasteiger partial charge is 0.293 e. The summed E-state index contributed by atoms with van der Waals surface area (Å²) in [7, 11) is 0. The van der Waals surface area contributed by atoms with E-state index >= 15 is 0 Å². The molecule has 3 aromatic rings. The van der Waals surface area contributed by atoms with Crippen molar-refractivity contribution in [3.05, 3.63) is 70.9 Å². The van der Waals surface area contributed by atoms with E-state index < -0.39 is 0 Å². The molecule has 0 saturated carbocycles. The number of fused-ring (bicyclic) bond motifs is 1. The van der Waals surface area contributed by atoms with Crippen LogP contribution in [-0.4, -0.2) is 50.8 Å². The number of rotatable bonds is 8. The number of thioether (sulfide) groups is 2. The molecule has 0 bridgehead atoms. The predicted octanol–water partition coefficient (Wildman–Crippen LogP) is 3.75. The van der Waals surface area contributed by atoms with E-state index in [1.807, 2.05) is 65.4 Å². The molecule has 9 heteroatoms. The molecule has 32 heavy (non-hydrogen) atoms. The molecule has 164 valence electrons. The van der Waals surface area contributed by atoms with Gasteiger partial charge in [-0.2, -0.15) is 11.8 Å². The van der Waals surface area contributed by atoms with Crippen molar-refractivity contribution in [1.29, 1.82) is 0 Å². The Kier molecular flexibility index (Phi) is 6.96. The van der Waals surface area contributed by atoms with Gasteiger partial charge >= 0.3 is 0 Å². The van der Waals surface area contributed by atoms with Gasteiger partial charge in [0.15, 0.2) is 0 Å². The third-order valence-electron chi connectivity index (χ3n) is 4.94. The van der Waals surface area contributed by atoms with Crippen LogP contribution in [0.1, 0.15) is 11.4 Å². The molecule has 1 saturated heterocycles. The second kappa shape index (κ2) is 10.1. The molecule has 0 atom stereocenters. The van der Waals surface area contributed by atoms with Crippen molar-refractivity contribution in [2.45, 2.75) is 12.3 Å². The van der Waals surface area contributed by atoms with E-state index in [0.29, 0.717) is 10.7 Å². The molecular weight excluding hydrogens is 444 g/mol. The van der Waals surface area contributed by atoms with Crippen LogP contribution < -0.4 is 5.32 Å². The van der Waals surface area contributed by atoms with Gasteiger partial charge in [0.25, 0.3) is 11.1 Å². The van der Waals surface area contributed by atoms with Crippen LogP contribution in [0.4, 0.5) is 4.79 Å². The number of nitrogens with zero attached hydrogens (tertiary/aromatic N) is 3. The zero-order valence-corrected chi connectivity index (χ0v) is 19.1. The van der Waals surface area contributed by atoms with Crippen LogP contribution in [-0.2, 0) is 21.9 Å². The average molecular weight is 467 g/mol. The summed E-state index contributed by atoms with van der Waals surface area (Å²) in [6.45, 7) is 0.455. The first-order valence-electron chi connectivity index (χ1n) is 10.1. The van der Waals surface area contributed by atoms with Crippen LogP contribution in [0.25, 0.3) is 17.1 Å². The van der Waals surface area contributed by atoms with E-state index in [-0.39, 0.29) is 36.7 Å². The molecule has 0 radical (unpaired) electrons. The van der Waals surface area contributed by atoms with Crippen LogP contribution in [0.2, 0.25) is 0 Å². The fourth-order valence-electron chi connectivity index (χ4n) is 3.44. The lowest BCUT2D eigenvalue weighted by molar-refractivity contribution is -0.124. The topological polar surface area (TPSA) is 84.3 Å². The summed E-state index contributed by atoms with van der Waals surface area (Å²) in [5, 5.41) is 2.49. The SMILES string of the molecule is CSCc1nc2ccccc2n1CC(=O)NCCN1C(=O)S/C(=C\c2ccccc2)C1=O. The summed E-state index contributed by atoms with van der Waals surface area (Å²) in [6, 6.07) is 17.1. The summed E-state index contributed by atoms with van der Waals surface area (Å²) in [5.74, 6) is 1.01. The van der Waals surface area contributed by atoms with Gasteiger partial charge < -0.3 is 9.88 Å². The molecular formula is C23H22N4O3S2. The van der Waals surface area contributed by atoms with Crippen molar-refractivity contribution in [2.75, 3.05) is 19.3 Å². The van der Waals surface area contributed by atoms with Crippen molar-refractivity contribution in [3.63, 3.8) is 0 Å². The number of carbonyl (C=O) groups excluding carboxylic acids is 3. The van der Waals surface area contributed by atoms with Gasteiger partial charge in [-0.15, -0.1) is 0 Å². The minimum Gasteiger partial charge on any atom is -0.353 e. The Morgan fingerprint density at radius 1 is 1.12 bits per heavy atom. The maximum Gasteiger partial charge on any atom is 0.293 e. The third-order valence-corrected chi connectivity index (χ3v) is 6.39. The number of amides is 3. The number of hydrogen-bond acceptors (Lipinski definition) is 6. The van der Waals surface area contributed by atoms with Crippen molar-refractivity contribution >= 4 is 57.7 Å². The Hall–Kier alpha value is -3.04. The first-order valence-corrected chi connectivity index (χ1v) is 12.3. The zero-order chi connectivity index (χ0) is 22.5. The van der Waals surface area contributed by atoms with Crippen molar-refractivity contribution in [1.82, 2.24) is 19.8 Å². The first kappa shape index (κ1) is 22.2. The number of imide groups is 1. The Morgan fingerprint density at radius 3 is 2.66 bits per heavy atom. The van der Waals surface area contributed by atoms with E-state index in [1.54, 1.807) is 17.8 Å². The molecule has 0 unspecified atom stereocenters. The number of hydrogen-bond donors (Lipinski definition) is 1. The maximum atomic E-state index is 12.6. The van der Waals surface area contributed by atoms with E-state index in [0.717, 1.165) is 34.2 Å². The summed E-state index contributed by atoms with van der Waals surface area (Å²) < 4.78 is 1.91. The summed E-state index contributed by atoms with van der Waals surface area (Å²) in [4.78, 5) is 43.6. The van der Waals surface area contributed by atoms with Crippen LogP contribution in [0.3, 0.4) is 0 Å². The molecule has 7 nitrogen and oxygen atoms in total. The van der Waals surface area contributed by atoms with Gasteiger partial charge in [0.2, 0.25) is 5.91 Å². The molecule has 1 N–H and O–H groups in total. The molecule has 2 aromatic carbocycles. The minimum absolute atomic E-state index is 0.130. The lowest BCUT2D eigenvalue weighted by Gasteiger charge is -2.14. The number of para-hydroxylation sites is 2. The van der Waals surface area contributed by atoms with Crippen LogP contribution in [0, 0.1) is 0 Å². The number of aromatic nitrogens is 2. The lowest BCUT2D eigenvalue weighted by Crippen LogP contribution is -2.38. The highest BCUT2D eigenvalue weighted by molar-refractivity contribution is 8.18. The predicted molar refractivity (Wildman–Crippen MR) is 129 cm³/mol. The zero-order valence-electron chi connectivity index (χ0n) is 17.5. The molecule has 1 aliphatic rings. The highest BCUT2D eigenvalue weighted by Gasteiger charge is 2.34. The van der Waals surface area contributed by atoms with Gasteiger partial charge in [-0.05, 0) is 41.8 Å². The Bertz CT molecular complexity index is 1190. The highest BCUT2D eigenvalue weighted by Crippen LogP contribution is 2.31. The molecule has 3 amide bonds. The van der Waals surface area contributed by atoms with Crippen molar-refractivity contribution in [2.24, 2.45) is 0 Å². The van der Waals surface area contributed by atoms with E-state index in [2.05, 4.69) is 10.3 Å². The average Bonchev–Trinajstić information content (AvgIpc) is 3.26. The molecule has 0 aliphatic carbocycles. The Morgan fingerprint density at radius 2 is 1.88 bits per heavy atom. The van der Waals surface area contributed by atoms with E-state index in [1.165, 1.54) is 4.90 Å². The van der Waals surface area contributed by atoms with Crippen LogP contribution in [0.15, 0.2) is 59.5 Å².